The van der Waals surface area contributed by atoms with Gasteiger partial charge in [-0.05, 0) is 67.0 Å². The average molecular weight is 321 g/mol. The quantitative estimate of drug-likeness (QED) is 0.785. The zero-order valence-electron chi connectivity index (χ0n) is 15.5. The number of carbonyl (C=O) groups excluding carboxylic acids is 1. The summed E-state index contributed by atoms with van der Waals surface area (Å²) in [5.74, 6) is 0. The number of hydrogen-bond acceptors (Lipinski definition) is 4. The first-order valence-electron chi connectivity index (χ1n) is 8.17. The Labute approximate surface area is 139 Å². The molecule has 6 heteroatoms. The van der Waals surface area contributed by atoms with Gasteiger partial charge in [0.15, 0.2) is 0 Å². The lowest BCUT2D eigenvalue weighted by molar-refractivity contribution is 0.00578. The Morgan fingerprint density at radius 2 is 1.70 bits per heavy atom. The number of aromatic nitrogens is 1. The molecule has 1 aliphatic heterocycles. The topological polar surface area (TPSA) is 49.7 Å². The summed E-state index contributed by atoms with van der Waals surface area (Å²) in [6.07, 6.45) is 0.322. The number of hydrogen-bond donors (Lipinski definition) is 0. The van der Waals surface area contributed by atoms with Gasteiger partial charge in [-0.2, -0.15) is 0 Å². The molecule has 0 spiro atoms. The zero-order chi connectivity index (χ0) is 17.6. The smallest absolute Gasteiger partial charge is 0.443 e. The molecule has 1 aromatic rings. The molecule has 1 saturated heterocycles. The van der Waals surface area contributed by atoms with E-state index in [0.29, 0.717) is 5.59 Å². The molecule has 0 unspecified atom stereocenters. The van der Waals surface area contributed by atoms with Crippen molar-refractivity contribution in [3.63, 3.8) is 0 Å². The summed E-state index contributed by atoms with van der Waals surface area (Å²) in [6.45, 7) is 15.5. The highest BCUT2D eigenvalue weighted by Gasteiger charge is 2.53. The highest BCUT2D eigenvalue weighted by molar-refractivity contribution is 6.61. The first-order chi connectivity index (χ1) is 10.4. The second-order valence-electron chi connectivity index (χ2n) is 8.01. The van der Waals surface area contributed by atoms with Crippen molar-refractivity contribution in [3.05, 3.63) is 17.8 Å². The molecule has 0 N–H and O–H groups in total. The summed E-state index contributed by atoms with van der Waals surface area (Å²) in [7, 11) is -0.590. The molecule has 0 radical (unpaired) electrons. The summed E-state index contributed by atoms with van der Waals surface area (Å²) in [5, 5.41) is 0. The van der Waals surface area contributed by atoms with Crippen molar-refractivity contribution in [1.29, 1.82) is 0 Å². The van der Waals surface area contributed by atoms with Gasteiger partial charge in [-0.1, -0.05) is 6.92 Å². The first kappa shape index (κ1) is 18.1. The Morgan fingerprint density at radius 3 is 2.13 bits per heavy atom. The van der Waals surface area contributed by atoms with Gasteiger partial charge in [-0.25, -0.2) is 4.79 Å². The van der Waals surface area contributed by atoms with Gasteiger partial charge in [0.1, 0.15) is 5.60 Å². The normalized spacial score (nSPS) is 19.9. The van der Waals surface area contributed by atoms with Crippen LogP contribution in [-0.2, 0) is 20.5 Å². The van der Waals surface area contributed by atoms with Gasteiger partial charge >= 0.3 is 13.2 Å². The predicted octanol–water partition coefficient (Wildman–Crippen LogP) is 3.13. The fourth-order valence-electron chi connectivity index (χ4n) is 2.45. The van der Waals surface area contributed by atoms with E-state index in [0.717, 1.165) is 12.1 Å². The molecule has 1 fully saturated rings. The maximum absolute atomic E-state index is 12.6. The van der Waals surface area contributed by atoms with Crippen molar-refractivity contribution in [1.82, 2.24) is 4.57 Å². The molecule has 5 nitrogen and oxygen atoms in total. The van der Waals surface area contributed by atoms with Crippen LogP contribution in [0.15, 0.2) is 12.1 Å². The predicted molar refractivity (Wildman–Crippen MR) is 91.2 cm³/mol. The van der Waals surface area contributed by atoms with Crippen LogP contribution in [0, 0.1) is 0 Å². The van der Waals surface area contributed by atoms with Crippen molar-refractivity contribution in [2.75, 3.05) is 0 Å². The minimum absolute atomic E-state index is 0.399. The largest absolute Gasteiger partial charge is 0.513 e. The lowest BCUT2D eigenvalue weighted by Gasteiger charge is -2.32. The third-order valence-corrected chi connectivity index (χ3v) is 4.42. The molecular formula is C17H28BNO4. The molecule has 128 valence electrons. The number of rotatable bonds is 2. The molecule has 0 bridgehead atoms. The van der Waals surface area contributed by atoms with E-state index < -0.39 is 30.0 Å². The second-order valence-corrected chi connectivity index (χ2v) is 8.01. The van der Waals surface area contributed by atoms with E-state index in [2.05, 4.69) is 0 Å². The summed E-state index contributed by atoms with van der Waals surface area (Å²) in [6, 6.07) is 3.80. The van der Waals surface area contributed by atoms with E-state index in [1.54, 1.807) is 4.57 Å². The van der Waals surface area contributed by atoms with Crippen molar-refractivity contribution in [2.24, 2.45) is 0 Å². The molecule has 0 atom stereocenters. The van der Waals surface area contributed by atoms with E-state index in [1.807, 2.05) is 67.5 Å². The number of carbonyl (C=O) groups is 1. The Kier molecular flexibility index (Phi) is 4.46. The minimum atomic E-state index is -0.590. The van der Waals surface area contributed by atoms with Gasteiger partial charge < -0.3 is 14.0 Å². The molecule has 2 heterocycles. The lowest BCUT2D eigenvalue weighted by atomic mass is 9.85. The van der Waals surface area contributed by atoms with Crippen molar-refractivity contribution in [2.45, 2.75) is 78.6 Å². The van der Waals surface area contributed by atoms with Crippen LogP contribution < -0.4 is 5.59 Å². The van der Waals surface area contributed by atoms with Crippen LogP contribution in [0.3, 0.4) is 0 Å². The summed E-state index contributed by atoms with van der Waals surface area (Å²) in [4.78, 5) is 12.6. The van der Waals surface area contributed by atoms with E-state index in [9.17, 15) is 4.79 Å². The number of ether oxygens (including phenoxy) is 1. The van der Waals surface area contributed by atoms with Gasteiger partial charge in [0.25, 0.3) is 0 Å². The van der Waals surface area contributed by atoms with Crippen LogP contribution in [-0.4, -0.2) is 34.6 Å². The van der Waals surface area contributed by atoms with Crippen molar-refractivity contribution in [3.8, 4) is 0 Å². The molecule has 1 aromatic heterocycles. The molecule has 2 rings (SSSR count). The molecule has 0 aliphatic carbocycles. The molecule has 0 aromatic carbocycles. The van der Waals surface area contributed by atoms with Crippen molar-refractivity contribution < 1.29 is 18.8 Å². The Morgan fingerprint density at radius 1 is 1.17 bits per heavy atom. The third kappa shape index (κ3) is 3.48. The van der Waals surface area contributed by atoms with E-state index >= 15 is 0 Å². The number of nitrogens with zero attached hydrogens (tertiary/aromatic N) is 1. The highest BCUT2D eigenvalue weighted by Crippen LogP contribution is 2.36. The summed E-state index contributed by atoms with van der Waals surface area (Å²) < 4.78 is 19.3. The van der Waals surface area contributed by atoms with Crippen LogP contribution >= 0.6 is 0 Å². The molecular weight excluding hydrogens is 293 g/mol. The monoisotopic (exact) mass is 321 g/mol. The van der Waals surface area contributed by atoms with Crippen LogP contribution in [0.5, 0.6) is 0 Å². The van der Waals surface area contributed by atoms with Gasteiger partial charge in [-0.3, -0.25) is 4.57 Å². The number of aryl methyl sites for hydroxylation is 1. The molecule has 1 aliphatic rings. The van der Waals surface area contributed by atoms with Gasteiger partial charge in [0.05, 0.1) is 16.8 Å². The highest BCUT2D eigenvalue weighted by atomic mass is 16.7. The Balaban J connectivity index is 2.38. The first-order valence-corrected chi connectivity index (χ1v) is 8.17. The van der Waals surface area contributed by atoms with Gasteiger partial charge in [0, 0.05) is 5.69 Å². The van der Waals surface area contributed by atoms with Crippen LogP contribution in [0.2, 0.25) is 0 Å². The van der Waals surface area contributed by atoms with Crippen LogP contribution in [0.4, 0.5) is 4.79 Å². The van der Waals surface area contributed by atoms with E-state index in [1.165, 1.54) is 0 Å². The molecule has 0 saturated carbocycles. The zero-order valence-corrected chi connectivity index (χ0v) is 15.5. The summed E-state index contributed by atoms with van der Waals surface area (Å²) in [5.41, 5.74) is 0.0958. The van der Waals surface area contributed by atoms with Crippen molar-refractivity contribution >= 4 is 18.8 Å². The SMILES string of the molecule is CCc1ccc(B2OC(C)(C)C(C)(C)O2)n1C(=O)OC(C)(C)C. The third-order valence-electron chi connectivity index (χ3n) is 4.42. The fourth-order valence-corrected chi connectivity index (χ4v) is 2.45. The van der Waals surface area contributed by atoms with Gasteiger partial charge in [0.2, 0.25) is 0 Å². The lowest BCUT2D eigenvalue weighted by Crippen LogP contribution is -2.43. The second kappa shape index (κ2) is 5.67. The Bertz CT molecular complexity index is 582. The average Bonchev–Trinajstić information content (AvgIpc) is 2.86. The maximum atomic E-state index is 12.6. The minimum Gasteiger partial charge on any atom is -0.443 e. The molecule has 23 heavy (non-hydrogen) atoms. The van der Waals surface area contributed by atoms with Crippen LogP contribution in [0.1, 0.15) is 61.1 Å². The fraction of sp³-hybridized carbons (Fsp3) is 0.706. The molecule has 0 amide bonds. The Hall–Kier alpha value is -1.27. The van der Waals surface area contributed by atoms with E-state index in [4.69, 9.17) is 14.0 Å². The van der Waals surface area contributed by atoms with Gasteiger partial charge in [-0.15, -0.1) is 0 Å². The van der Waals surface area contributed by atoms with Crippen LogP contribution in [0.25, 0.3) is 0 Å². The van der Waals surface area contributed by atoms with E-state index in [-0.39, 0.29) is 0 Å². The standard InChI is InChI=1S/C17H28BNO4/c1-9-12-10-11-13(19(12)14(20)21-15(2,3)4)18-22-16(5,6)17(7,8)23-18/h10-11H,9H2,1-8H3. The maximum Gasteiger partial charge on any atom is 0.513 e. The summed E-state index contributed by atoms with van der Waals surface area (Å²) >= 11 is 0.